The Morgan fingerprint density at radius 3 is 2.50 bits per heavy atom. The van der Waals surface area contributed by atoms with Gasteiger partial charge in [0.05, 0.1) is 29.7 Å². The average Bonchev–Trinajstić information content (AvgIpc) is 3.92. The highest BCUT2D eigenvalue weighted by molar-refractivity contribution is 7.91. The Morgan fingerprint density at radius 2 is 1.81 bits per heavy atom. The fourth-order valence-corrected chi connectivity index (χ4v) is 10.9. The number of nitrogens with one attached hydrogen (secondary N) is 3. The molecule has 8 rings (SSSR count). The number of aromatic nitrogens is 3. The van der Waals surface area contributed by atoms with Crippen molar-refractivity contribution in [2.45, 2.75) is 157 Å². The van der Waals surface area contributed by atoms with Gasteiger partial charge in [0.15, 0.2) is 11.4 Å². The second-order valence-electron chi connectivity index (χ2n) is 20.0. The summed E-state index contributed by atoms with van der Waals surface area (Å²) in [4.78, 5) is 78.6. The smallest absolute Gasteiger partial charge is 0.437 e. The lowest BCUT2D eigenvalue weighted by atomic mass is 9.65. The van der Waals surface area contributed by atoms with E-state index in [0.29, 0.717) is 69.0 Å². The third kappa shape index (κ3) is 10.0. The van der Waals surface area contributed by atoms with Gasteiger partial charge < -0.3 is 29.7 Å². The fraction of sp³-hybridized carbons (Fsp3) is 0.596. The number of alkyl carbamates (subject to hydrolysis) is 1. The van der Waals surface area contributed by atoms with Crippen LogP contribution in [-0.2, 0) is 48.3 Å². The van der Waals surface area contributed by atoms with E-state index in [-0.39, 0.29) is 61.9 Å². The lowest BCUT2D eigenvalue weighted by Gasteiger charge is -2.48. The number of aryl methyl sites for hydroxylation is 2. The monoisotopic (exact) mass is 969 g/mol. The van der Waals surface area contributed by atoms with E-state index in [2.05, 4.69) is 25.3 Å². The van der Waals surface area contributed by atoms with Crippen LogP contribution in [0.3, 0.4) is 0 Å². The number of fused-ring (bicyclic) bond motifs is 5. The molecule has 2 aliphatic carbocycles. The van der Waals surface area contributed by atoms with Crippen LogP contribution in [0.15, 0.2) is 53.7 Å². The largest absolute Gasteiger partial charge is 0.494 e. The quantitative estimate of drug-likeness (QED) is 0.176. The lowest BCUT2D eigenvalue weighted by molar-refractivity contribution is -0.145. The Morgan fingerprint density at radius 1 is 1.03 bits per heavy atom. The number of hydrogen-bond donors (Lipinski definition) is 3. The summed E-state index contributed by atoms with van der Waals surface area (Å²) in [5.74, 6) is -3.26. The Bertz CT molecular complexity index is 2680. The molecular formula is C47H58F3N7O10S. The summed E-state index contributed by atoms with van der Waals surface area (Å²) in [7, 11) is -4.14. The van der Waals surface area contributed by atoms with E-state index in [1.807, 2.05) is 6.08 Å². The molecule has 5 aliphatic rings. The number of carbonyl (C=O) groups is 4. The SMILES string of the molecule is CC(C)(C)OC(=O)NC1CCCCCC=CC2CCC2(C(=O)NS(=O)(=O)C2(C)CC2)NC(=O)C2CC3(CCc4c(c(C(F)(F)F)nc5ccc(OCCCn6cnccc6=O)cc45)O3)CN2C1=O. The molecule has 17 nitrogen and oxygen atoms in total. The van der Waals surface area contributed by atoms with Crippen LogP contribution in [0.4, 0.5) is 18.0 Å². The number of rotatable bonds is 9. The number of allylic oxidation sites excluding steroid dienone is 1. The minimum absolute atomic E-state index is 0.0105. The Kier molecular flexibility index (Phi) is 13.1. The van der Waals surface area contributed by atoms with Crippen molar-refractivity contribution in [2.24, 2.45) is 5.92 Å². The highest BCUT2D eigenvalue weighted by Crippen LogP contribution is 2.50. The van der Waals surface area contributed by atoms with Gasteiger partial charge in [0.2, 0.25) is 21.8 Å². The van der Waals surface area contributed by atoms with Gasteiger partial charge in [-0.25, -0.2) is 23.2 Å². The van der Waals surface area contributed by atoms with Gasteiger partial charge in [-0.15, -0.1) is 0 Å². The van der Waals surface area contributed by atoms with Crippen LogP contribution in [-0.4, -0.2) is 98.4 Å². The molecule has 5 atom stereocenters. The molecule has 21 heteroatoms. The van der Waals surface area contributed by atoms with Gasteiger partial charge in [0.1, 0.15) is 34.6 Å². The Hall–Kier alpha value is -5.73. The lowest BCUT2D eigenvalue weighted by Crippen LogP contribution is -2.70. The molecule has 0 bridgehead atoms. The van der Waals surface area contributed by atoms with Crippen LogP contribution in [0.1, 0.15) is 116 Å². The first kappa shape index (κ1) is 48.7. The molecule has 0 radical (unpaired) electrons. The zero-order chi connectivity index (χ0) is 48.9. The van der Waals surface area contributed by atoms with Crippen molar-refractivity contribution in [1.29, 1.82) is 0 Å². The molecule has 368 valence electrons. The molecule has 1 saturated heterocycles. The van der Waals surface area contributed by atoms with E-state index in [0.717, 1.165) is 0 Å². The number of benzene rings is 1. The summed E-state index contributed by atoms with van der Waals surface area (Å²) in [6.45, 7) is 6.64. The van der Waals surface area contributed by atoms with Crippen LogP contribution >= 0.6 is 0 Å². The maximum atomic E-state index is 15.0. The third-order valence-corrected chi connectivity index (χ3v) is 16.0. The first-order chi connectivity index (χ1) is 32.0. The van der Waals surface area contributed by atoms with Gasteiger partial charge in [-0.1, -0.05) is 25.0 Å². The molecule has 5 heterocycles. The van der Waals surface area contributed by atoms with Crippen LogP contribution in [0.2, 0.25) is 0 Å². The second-order valence-corrected chi connectivity index (χ2v) is 22.2. The molecule has 1 aromatic carbocycles. The predicted molar refractivity (Wildman–Crippen MR) is 241 cm³/mol. The topological polar surface area (TPSA) is 217 Å². The van der Waals surface area contributed by atoms with Gasteiger partial charge in [-0.2, -0.15) is 13.2 Å². The highest BCUT2D eigenvalue weighted by Gasteiger charge is 2.60. The molecule has 3 aliphatic heterocycles. The van der Waals surface area contributed by atoms with E-state index < -0.39 is 90.9 Å². The van der Waals surface area contributed by atoms with E-state index in [9.17, 15) is 32.4 Å². The predicted octanol–water partition coefficient (Wildman–Crippen LogP) is 5.62. The van der Waals surface area contributed by atoms with Crippen molar-refractivity contribution in [3.63, 3.8) is 0 Å². The van der Waals surface area contributed by atoms with Crippen LogP contribution in [0.25, 0.3) is 10.9 Å². The maximum Gasteiger partial charge on any atom is 0.437 e. The minimum Gasteiger partial charge on any atom is -0.494 e. The Balaban J connectivity index is 1.13. The number of ether oxygens (including phenoxy) is 3. The zero-order valence-electron chi connectivity index (χ0n) is 38.6. The molecule has 3 fully saturated rings. The molecule has 2 saturated carbocycles. The van der Waals surface area contributed by atoms with Crippen LogP contribution in [0, 0.1) is 5.92 Å². The highest BCUT2D eigenvalue weighted by atomic mass is 32.2. The molecule has 68 heavy (non-hydrogen) atoms. The van der Waals surface area contributed by atoms with Crippen molar-refractivity contribution in [2.75, 3.05) is 13.2 Å². The van der Waals surface area contributed by atoms with E-state index in [1.54, 1.807) is 32.9 Å². The number of carbonyl (C=O) groups excluding carboxylic acids is 4. The molecule has 3 aromatic rings. The van der Waals surface area contributed by atoms with Crippen LogP contribution in [0.5, 0.6) is 11.5 Å². The first-order valence-corrected chi connectivity index (χ1v) is 24.7. The first-order valence-electron chi connectivity index (χ1n) is 23.2. The van der Waals surface area contributed by atoms with Crippen molar-refractivity contribution in [3.8, 4) is 11.5 Å². The normalized spacial score (nSPS) is 26.2. The van der Waals surface area contributed by atoms with Crippen molar-refractivity contribution in [1.82, 2.24) is 34.8 Å². The maximum absolute atomic E-state index is 15.0. The number of sulfonamides is 1. The molecule has 1 spiro atoms. The van der Waals surface area contributed by atoms with Gasteiger partial charge in [-0.05, 0) is 110 Å². The van der Waals surface area contributed by atoms with Gasteiger partial charge in [0.25, 0.3) is 11.5 Å². The fourth-order valence-electron chi connectivity index (χ4n) is 9.58. The number of halogens is 3. The van der Waals surface area contributed by atoms with Crippen molar-refractivity contribution in [3.05, 3.63) is 70.6 Å². The number of amides is 4. The number of alkyl halides is 3. The van der Waals surface area contributed by atoms with E-state index in [4.69, 9.17) is 14.2 Å². The third-order valence-electron chi connectivity index (χ3n) is 13.8. The molecule has 5 unspecified atom stereocenters. The molecule has 2 aromatic heterocycles. The summed E-state index contributed by atoms with van der Waals surface area (Å²) < 4.78 is 92.4. The van der Waals surface area contributed by atoms with Gasteiger partial charge in [0, 0.05) is 42.1 Å². The second kappa shape index (κ2) is 18.3. The van der Waals surface area contributed by atoms with Crippen LogP contribution < -0.4 is 30.4 Å². The summed E-state index contributed by atoms with van der Waals surface area (Å²) in [6, 6.07) is 3.20. The summed E-state index contributed by atoms with van der Waals surface area (Å²) >= 11 is 0. The number of nitrogens with zero attached hydrogens (tertiary/aromatic N) is 4. The number of hydrogen-bond acceptors (Lipinski definition) is 12. The van der Waals surface area contributed by atoms with E-state index >= 15 is 13.2 Å². The van der Waals surface area contributed by atoms with Crippen molar-refractivity contribution < 1.29 is 55.0 Å². The van der Waals surface area contributed by atoms with Gasteiger partial charge >= 0.3 is 12.3 Å². The standard InChI is InChI=1S/C47H58F3N7O10S/c1-43(2,3)67-42(62)53-34-12-9-7-5-6-8-11-29-15-19-46(29,41(61)55-68(63,64)44(4)20-21-44)54-39(59)35-26-45(27-57(35)40(34)60)18-16-31-32-25-30(65-24-10-23-56-28-51-22-17-36(56)58)13-14-33(32)52-38(37(31)66-45)47(48,49)50/h8,11,13-14,17,22,25,28-29,34-35H,5-7,9-10,12,15-16,18-21,23-24,26-27H2,1-4H3,(H,53,62)(H,54,59)(H,55,61). The summed E-state index contributed by atoms with van der Waals surface area (Å²) in [5, 5.41) is 5.88. The minimum atomic E-state index is -4.99. The summed E-state index contributed by atoms with van der Waals surface area (Å²) in [5.41, 5.74) is -5.50. The van der Waals surface area contributed by atoms with E-state index in [1.165, 1.54) is 47.1 Å². The molecule has 4 amide bonds. The average molecular weight is 970 g/mol. The molecular weight excluding hydrogens is 912 g/mol. The zero-order valence-corrected chi connectivity index (χ0v) is 39.4. The summed E-state index contributed by atoms with van der Waals surface area (Å²) in [6.07, 6.45) is 4.60. The Labute approximate surface area is 392 Å². The molecule has 3 N–H and O–H groups in total. The number of pyridine rings is 1. The van der Waals surface area contributed by atoms with Gasteiger partial charge in [-0.3, -0.25) is 28.5 Å². The van der Waals surface area contributed by atoms with Crippen molar-refractivity contribution >= 4 is 44.7 Å².